The van der Waals surface area contributed by atoms with Gasteiger partial charge in [-0.05, 0) is 55.7 Å². The van der Waals surface area contributed by atoms with Gasteiger partial charge in [0.05, 0.1) is 33.9 Å². The van der Waals surface area contributed by atoms with E-state index in [1.807, 2.05) is 11.5 Å². The fourth-order valence-corrected chi connectivity index (χ4v) is 5.42. The number of carbonyl (C=O) groups excluding carboxylic acids is 1. The molecule has 2 aromatic carbocycles. The molecule has 0 aliphatic carbocycles. The third-order valence-corrected chi connectivity index (χ3v) is 8.00. The summed E-state index contributed by atoms with van der Waals surface area (Å²) in [6.07, 6.45) is 0.115. The third-order valence-electron chi connectivity index (χ3n) is 5.02. The van der Waals surface area contributed by atoms with Gasteiger partial charge in [0.15, 0.2) is 14.6 Å². The average molecular weight is 461 g/mol. The fraction of sp³-hybridized carbons (Fsp3) is 0.391. The van der Waals surface area contributed by atoms with Crippen molar-refractivity contribution in [1.29, 1.82) is 0 Å². The zero-order chi connectivity index (χ0) is 22.6. The van der Waals surface area contributed by atoms with E-state index < -0.39 is 9.84 Å². The lowest BCUT2D eigenvalue weighted by Crippen LogP contribution is -2.20. The molecule has 0 spiro atoms. The lowest BCUT2D eigenvalue weighted by molar-refractivity contribution is -0.117. The van der Waals surface area contributed by atoms with Gasteiger partial charge in [0, 0.05) is 13.2 Å². The van der Waals surface area contributed by atoms with Crippen LogP contribution in [0.1, 0.15) is 30.5 Å². The summed E-state index contributed by atoms with van der Waals surface area (Å²) < 4.78 is 32.6. The molecule has 3 rings (SSSR count). The second-order valence-electron chi connectivity index (χ2n) is 7.39. The van der Waals surface area contributed by atoms with Crippen molar-refractivity contribution >= 4 is 37.3 Å². The van der Waals surface area contributed by atoms with Gasteiger partial charge >= 0.3 is 0 Å². The van der Waals surface area contributed by atoms with Gasteiger partial charge in [0.1, 0.15) is 0 Å². The van der Waals surface area contributed by atoms with Crippen LogP contribution < -0.4 is 4.80 Å². The first-order valence-corrected chi connectivity index (χ1v) is 12.8. The Morgan fingerprint density at radius 1 is 1.13 bits per heavy atom. The highest BCUT2D eigenvalue weighted by Crippen LogP contribution is 2.23. The highest BCUT2D eigenvalue weighted by atomic mass is 32.2. The van der Waals surface area contributed by atoms with Gasteiger partial charge < -0.3 is 9.30 Å². The molecule has 3 aromatic rings. The molecule has 6 nitrogen and oxygen atoms in total. The molecule has 1 heterocycles. The number of thiazole rings is 1. The van der Waals surface area contributed by atoms with Gasteiger partial charge in [-0.15, -0.1) is 0 Å². The van der Waals surface area contributed by atoms with Crippen molar-refractivity contribution < 1.29 is 17.9 Å². The Kier molecular flexibility index (Phi) is 7.46. The molecular weight excluding hydrogens is 432 g/mol. The van der Waals surface area contributed by atoms with Gasteiger partial charge in [-0.3, -0.25) is 4.79 Å². The maximum atomic E-state index is 12.7. The number of aryl methyl sites for hydroxylation is 2. The van der Waals surface area contributed by atoms with Crippen molar-refractivity contribution in [2.45, 2.75) is 45.6 Å². The van der Waals surface area contributed by atoms with Crippen LogP contribution in [0, 0.1) is 13.8 Å². The summed E-state index contributed by atoms with van der Waals surface area (Å²) >= 11 is 1.51. The minimum Gasteiger partial charge on any atom is -0.380 e. The van der Waals surface area contributed by atoms with E-state index in [9.17, 15) is 13.2 Å². The molecule has 8 heteroatoms. The van der Waals surface area contributed by atoms with Crippen LogP contribution in [0.15, 0.2) is 46.3 Å². The number of amides is 1. The normalized spacial score (nSPS) is 12.6. The summed E-state index contributed by atoms with van der Waals surface area (Å²) in [4.78, 5) is 18.0. The topological polar surface area (TPSA) is 77.7 Å². The molecule has 0 aliphatic heterocycles. The number of nitrogens with zero attached hydrogens (tertiary/aromatic N) is 2. The monoisotopic (exact) mass is 460 g/mol. The van der Waals surface area contributed by atoms with Gasteiger partial charge in [-0.1, -0.05) is 36.5 Å². The lowest BCUT2D eigenvalue weighted by Gasteiger charge is -2.07. The molecule has 0 saturated carbocycles. The van der Waals surface area contributed by atoms with Gasteiger partial charge in [-0.25, -0.2) is 8.42 Å². The second-order valence-corrected chi connectivity index (χ2v) is 10.6. The minimum absolute atomic E-state index is 0.0488. The Labute approximate surface area is 187 Å². The molecule has 0 unspecified atom stereocenters. The van der Waals surface area contributed by atoms with Crippen LogP contribution in [0.5, 0.6) is 0 Å². The Balaban J connectivity index is 1.92. The zero-order valence-electron chi connectivity index (χ0n) is 18.3. The molecule has 1 amide bonds. The van der Waals surface area contributed by atoms with E-state index in [1.54, 1.807) is 31.2 Å². The second kappa shape index (κ2) is 9.89. The summed E-state index contributed by atoms with van der Waals surface area (Å²) in [6, 6.07) is 10.7. The van der Waals surface area contributed by atoms with E-state index in [1.165, 1.54) is 11.3 Å². The third kappa shape index (κ3) is 5.50. The molecule has 0 aliphatic rings. The summed E-state index contributed by atoms with van der Waals surface area (Å²) in [5.41, 5.74) is 4.11. The molecule has 0 atom stereocenters. The van der Waals surface area contributed by atoms with Crippen molar-refractivity contribution in [2.24, 2.45) is 4.99 Å². The SMILES string of the molecule is CCOCCn1c(=NC(=O)Cc2ccc(S(=O)(=O)CC)cc2)sc2c(C)cc(C)cc21. The molecule has 0 fully saturated rings. The van der Waals surface area contributed by atoms with E-state index in [4.69, 9.17) is 4.74 Å². The number of benzene rings is 2. The smallest absolute Gasteiger partial charge is 0.252 e. The van der Waals surface area contributed by atoms with Gasteiger partial charge in [0.25, 0.3) is 5.91 Å². The van der Waals surface area contributed by atoms with Crippen LogP contribution in [0.25, 0.3) is 10.2 Å². The summed E-state index contributed by atoms with van der Waals surface area (Å²) in [5.74, 6) is -0.218. The Morgan fingerprint density at radius 3 is 2.48 bits per heavy atom. The highest BCUT2D eigenvalue weighted by molar-refractivity contribution is 7.91. The molecule has 166 valence electrons. The summed E-state index contributed by atoms with van der Waals surface area (Å²) in [7, 11) is -3.25. The number of hydrogen-bond acceptors (Lipinski definition) is 5. The summed E-state index contributed by atoms with van der Waals surface area (Å²) in [5, 5.41) is 0. The number of fused-ring (bicyclic) bond motifs is 1. The van der Waals surface area contributed by atoms with Crippen molar-refractivity contribution in [1.82, 2.24) is 4.57 Å². The van der Waals surface area contributed by atoms with Crippen LogP contribution in [0.2, 0.25) is 0 Å². The van der Waals surface area contributed by atoms with Crippen LogP contribution in [0.4, 0.5) is 0 Å². The van der Waals surface area contributed by atoms with Crippen molar-refractivity contribution in [3.63, 3.8) is 0 Å². The standard InChI is InChI=1S/C23H28N2O4S2/c1-5-29-12-11-25-20-14-16(3)13-17(4)22(20)30-23(25)24-21(26)15-18-7-9-19(10-8-18)31(27,28)6-2/h7-10,13-14H,5-6,11-12,15H2,1-4H3. The predicted octanol–water partition coefficient (Wildman–Crippen LogP) is 3.82. The first-order valence-electron chi connectivity index (χ1n) is 10.3. The maximum absolute atomic E-state index is 12.7. The van der Waals surface area contributed by atoms with Crippen molar-refractivity contribution in [2.75, 3.05) is 19.0 Å². The number of rotatable bonds is 8. The van der Waals surface area contributed by atoms with Gasteiger partial charge in [-0.2, -0.15) is 4.99 Å². The van der Waals surface area contributed by atoms with Crippen molar-refractivity contribution in [3.05, 3.63) is 57.9 Å². The van der Waals surface area contributed by atoms with Crippen LogP contribution >= 0.6 is 11.3 Å². The average Bonchev–Trinajstić information content (AvgIpc) is 3.06. The van der Waals surface area contributed by atoms with E-state index in [0.29, 0.717) is 24.6 Å². The number of aromatic nitrogens is 1. The Hall–Kier alpha value is -2.29. The van der Waals surface area contributed by atoms with E-state index in [2.05, 4.69) is 31.0 Å². The summed E-state index contributed by atoms with van der Waals surface area (Å²) in [6.45, 7) is 9.49. The zero-order valence-corrected chi connectivity index (χ0v) is 20.0. The quantitative estimate of drug-likeness (QED) is 0.479. The number of ether oxygens (including phenoxy) is 1. The molecule has 0 bridgehead atoms. The Bertz CT molecular complexity index is 1250. The fourth-order valence-electron chi connectivity index (χ4n) is 3.42. The van der Waals surface area contributed by atoms with Crippen LogP contribution in [-0.4, -0.2) is 37.9 Å². The van der Waals surface area contributed by atoms with E-state index >= 15 is 0 Å². The van der Waals surface area contributed by atoms with E-state index in [0.717, 1.165) is 26.9 Å². The minimum atomic E-state index is -3.25. The molecular formula is C23H28N2O4S2. The number of sulfone groups is 1. The molecule has 31 heavy (non-hydrogen) atoms. The lowest BCUT2D eigenvalue weighted by atomic mass is 10.1. The Morgan fingerprint density at radius 2 is 1.84 bits per heavy atom. The van der Waals surface area contributed by atoms with E-state index in [-0.39, 0.29) is 23.0 Å². The first kappa shape index (κ1) is 23.4. The number of carbonyl (C=O) groups is 1. The maximum Gasteiger partial charge on any atom is 0.252 e. The number of hydrogen-bond donors (Lipinski definition) is 0. The highest BCUT2D eigenvalue weighted by Gasteiger charge is 2.13. The predicted molar refractivity (Wildman–Crippen MR) is 124 cm³/mol. The molecule has 1 aromatic heterocycles. The first-order chi connectivity index (χ1) is 14.7. The molecule has 0 radical (unpaired) electrons. The van der Waals surface area contributed by atoms with Crippen LogP contribution in [0.3, 0.4) is 0 Å². The van der Waals surface area contributed by atoms with Gasteiger partial charge in [0.2, 0.25) is 0 Å². The molecule has 0 saturated heterocycles. The molecule has 0 N–H and O–H groups in total. The van der Waals surface area contributed by atoms with Crippen molar-refractivity contribution in [3.8, 4) is 0 Å². The largest absolute Gasteiger partial charge is 0.380 e. The van der Waals surface area contributed by atoms with Crippen LogP contribution in [-0.2, 0) is 32.3 Å².